The molecule has 80 valence electrons. The normalized spacial score (nSPS) is 21.1. The lowest BCUT2D eigenvalue weighted by Gasteiger charge is -2.36. The number of nitrogens with zero attached hydrogens (tertiary/aromatic N) is 1. The van der Waals surface area contributed by atoms with Gasteiger partial charge in [-0.2, -0.15) is 0 Å². The third-order valence-corrected chi connectivity index (χ3v) is 3.62. The zero-order valence-electron chi connectivity index (χ0n) is 9.52. The first kappa shape index (κ1) is 10.4. The summed E-state index contributed by atoms with van der Waals surface area (Å²) in [6, 6.07) is 11.2. The summed E-state index contributed by atoms with van der Waals surface area (Å²) < 4.78 is 1.13. The second kappa shape index (κ2) is 4.19. The molecule has 0 amide bonds. The van der Waals surface area contributed by atoms with Crippen LogP contribution >= 0.6 is 0 Å². The Kier molecular flexibility index (Phi) is 2.92. The second-order valence-electron chi connectivity index (χ2n) is 4.72. The van der Waals surface area contributed by atoms with E-state index in [1.54, 1.807) is 0 Å². The number of rotatable bonds is 3. The zero-order valence-corrected chi connectivity index (χ0v) is 9.52. The molecule has 1 aromatic rings. The highest BCUT2D eigenvalue weighted by atomic mass is 15.4. The van der Waals surface area contributed by atoms with Crippen LogP contribution in [-0.2, 0) is 0 Å². The number of likely N-dealkylation sites (tertiary alicyclic amines) is 1. The van der Waals surface area contributed by atoms with Gasteiger partial charge in [-0.25, -0.2) is 0 Å². The topological polar surface area (TPSA) is 0 Å². The molecule has 1 aromatic carbocycles. The van der Waals surface area contributed by atoms with Crippen LogP contribution in [-0.4, -0.2) is 24.6 Å². The minimum absolute atomic E-state index is 0.466. The van der Waals surface area contributed by atoms with Crippen LogP contribution in [0, 0.1) is 0 Å². The summed E-state index contributed by atoms with van der Waals surface area (Å²) in [5.41, 5.74) is 1.40. The van der Waals surface area contributed by atoms with Crippen LogP contribution in [0.2, 0.25) is 0 Å². The van der Waals surface area contributed by atoms with Gasteiger partial charge in [-0.05, 0) is 6.08 Å². The molecule has 0 N–H and O–H groups in total. The first-order chi connectivity index (χ1) is 7.26. The molecule has 2 rings (SSSR count). The lowest BCUT2D eigenvalue weighted by Crippen LogP contribution is -2.43. The fourth-order valence-corrected chi connectivity index (χ4v) is 2.74. The van der Waals surface area contributed by atoms with Gasteiger partial charge in [0.15, 0.2) is 0 Å². The fraction of sp³-hybridized carbons (Fsp3) is 0.429. The SMILES string of the molecule is C=CC(c1ccccc1)[N+]1(C)CCCC1. The summed E-state index contributed by atoms with van der Waals surface area (Å²) in [5.74, 6) is 0. The van der Waals surface area contributed by atoms with Crippen molar-refractivity contribution in [3.63, 3.8) is 0 Å². The Balaban J connectivity index is 2.28. The van der Waals surface area contributed by atoms with E-state index in [9.17, 15) is 0 Å². The lowest BCUT2D eigenvalue weighted by atomic mass is 10.0. The molecule has 15 heavy (non-hydrogen) atoms. The summed E-state index contributed by atoms with van der Waals surface area (Å²) in [5, 5.41) is 0. The van der Waals surface area contributed by atoms with E-state index in [1.807, 2.05) is 0 Å². The molecule has 1 heteroatoms. The van der Waals surface area contributed by atoms with Crippen molar-refractivity contribution in [2.45, 2.75) is 18.9 Å². The van der Waals surface area contributed by atoms with Crippen LogP contribution in [0.5, 0.6) is 0 Å². The Morgan fingerprint density at radius 3 is 2.33 bits per heavy atom. The Hall–Kier alpha value is -1.08. The van der Waals surface area contributed by atoms with Gasteiger partial charge in [0.25, 0.3) is 0 Å². The van der Waals surface area contributed by atoms with E-state index < -0.39 is 0 Å². The zero-order chi connectivity index (χ0) is 10.7. The molecule has 1 atom stereocenters. The van der Waals surface area contributed by atoms with E-state index in [0.29, 0.717) is 6.04 Å². The summed E-state index contributed by atoms with van der Waals surface area (Å²) in [6.45, 7) is 6.58. The quantitative estimate of drug-likeness (QED) is 0.522. The van der Waals surface area contributed by atoms with Crippen molar-refractivity contribution in [1.82, 2.24) is 0 Å². The van der Waals surface area contributed by atoms with Crippen molar-refractivity contribution < 1.29 is 4.48 Å². The van der Waals surface area contributed by atoms with Crippen molar-refractivity contribution in [2.75, 3.05) is 20.1 Å². The van der Waals surface area contributed by atoms with E-state index in [4.69, 9.17) is 0 Å². The minimum atomic E-state index is 0.466. The van der Waals surface area contributed by atoms with E-state index in [1.165, 1.54) is 31.5 Å². The van der Waals surface area contributed by atoms with E-state index in [2.05, 4.69) is 50.0 Å². The predicted molar refractivity (Wildman–Crippen MR) is 64.5 cm³/mol. The van der Waals surface area contributed by atoms with Gasteiger partial charge < -0.3 is 4.48 Å². The van der Waals surface area contributed by atoms with Crippen LogP contribution in [0.1, 0.15) is 24.4 Å². The summed E-state index contributed by atoms with van der Waals surface area (Å²) in [4.78, 5) is 0. The largest absolute Gasteiger partial charge is 0.317 e. The molecule has 1 heterocycles. The average molecular weight is 202 g/mol. The Labute approximate surface area is 92.6 Å². The number of likely N-dealkylation sites (N-methyl/N-ethyl adjacent to an activating group) is 1. The maximum Gasteiger partial charge on any atom is 0.133 e. The van der Waals surface area contributed by atoms with Gasteiger partial charge in [0.1, 0.15) is 6.04 Å². The molecule has 1 saturated heterocycles. The number of benzene rings is 1. The van der Waals surface area contributed by atoms with E-state index in [0.717, 1.165) is 4.48 Å². The van der Waals surface area contributed by atoms with Crippen LogP contribution in [0.3, 0.4) is 0 Å². The van der Waals surface area contributed by atoms with Crippen LogP contribution in [0.15, 0.2) is 43.0 Å². The average Bonchev–Trinajstić information content (AvgIpc) is 2.68. The van der Waals surface area contributed by atoms with Crippen molar-refractivity contribution in [1.29, 1.82) is 0 Å². The van der Waals surface area contributed by atoms with E-state index >= 15 is 0 Å². The molecule has 1 fully saturated rings. The highest BCUT2D eigenvalue weighted by Gasteiger charge is 2.34. The Morgan fingerprint density at radius 2 is 1.80 bits per heavy atom. The third-order valence-electron chi connectivity index (χ3n) is 3.62. The van der Waals surface area contributed by atoms with Gasteiger partial charge in [-0.15, -0.1) is 0 Å². The number of hydrogen-bond donors (Lipinski definition) is 0. The van der Waals surface area contributed by atoms with E-state index in [-0.39, 0.29) is 0 Å². The van der Waals surface area contributed by atoms with Gasteiger partial charge in [0.2, 0.25) is 0 Å². The molecule has 0 saturated carbocycles. The standard InChI is InChI=1S/C14H20N/c1-3-14(13-9-5-4-6-10-13)15(2)11-7-8-12-15/h3-6,9-10,14H,1,7-8,11-12H2,2H3/q+1. The Morgan fingerprint density at radius 1 is 1.20 bits per heavy atom. The number of hydrogen-bond acceptors (Lipinski definition) is 0. The second-order valence-corrected chi connectivity index (χ2v) is 4.72. The molecular weight excluding hydrogens is 182 g/mol. The maximum atomic E-state index is 4.01. The van der Waals surface area contributed by atoms with Crippen molar-refractivity contribution >= 4 is 0 Å². The summed E-state index contributed by atoms with van der Waals surface area (Å²) in [6.07, 6.45) is 4.82. The molecule has 0 aromatic heterocycles. The van der Waals surface area contributed by atoms with Gasteiger partial charge in [0.05, 0.1) is 20.1 Å². The highest BCUT2D eigenvalue weighted by Crippen LogP contribution is 2.32. The molecular formula is C14H20N+. The summed E-state index contributed by atoms with van der Waals surface area (Å²) in [7, 11) is 2.35. The molecule has 1 nitrogen and oxygen atoms in total. The highest BCUT2D eigenvalue weighted by molar-refractivity contribution is 5.20. The van der Waals surface area contributed by atoms with Crippen molar-refractivity contribution in [2.24, 2.45) is 0 Å². The molecule has 1 unspecified atom stereocenters. The minimum Gasteiger partial charge on any atom is -0.317 e. The number of quaternary nitrogens is 1. The van der Waals surface area contributed by atoms with Crippen LogP contribution in [0.4, 0.5) is 0 Å². The fourth-order valence-electron chi connectivity index (χ4n) is 2.74. The molecule has 0 radical (unpaired) electrons. The molecule has 1 aliphatic heterocycles. The summed E-state index contributed by atoms with van der Waals surface area (Å²) >= 11 is 0. The van der Waals surface area contributed by atoms with Crippen molar-refractivity contribution in [3.8, 4) is 0 Å². The Bertz CT molecular complexity index is 322. The van der Waals surface area contributed by atoms with Gasteiger partial charge in [-0.1, -0.05) is 36.9 Å². The maximum absolute atomic E-state index is 4.01. The monoisotopic (exact) mass is 202 g/mol. The van der Waals surface area contributed by atoms with Gasteiger partial charge in [0, 0.05) is 18.4 Å². The van der Waals surface area contributed by atoms with Gasteiger partial charge in [-0.3, -0.25) is 0 Å². The third kappa shape index (κ3) is 1.98. The van der Waals surface area contributed by atoms with Crippen molar-refractivity contribution in [3.05, 3.63) is 48.6 Å². The predicted octanol–water partition coefficient (Wildman–Crippen LogP) is 3.15. The first-order valence-corrected chi connectivity index (χ1v) is 5.78. The van der Waals surface area contributed by atoms with Crippen LogP contribution in [0.25, 0.3) is 0 Å². The molecule has 0 bridgehead atoms. The molecule has 1 aliphatic rings. The lowest BCUT2D eigenvalue weighted by molar-refractivity contribution is -0.921. The smallest absolute Gasteiger partial charge is 0.133 e. The molecule has 0 spiro atoms. The van der Waals surface area contributed by atoms with Gasteiger partial charge >= 0.3 is 0 Å². The molecule has 0 aliphatic carbocycles. The van der Waals surface area contributed by atoms with Crippen LogP contribution < -0.4 is 0 Å². The first-order valence-electron chi connectivity index (χ1n) is 5.78.